The van der Waals surface area contributed by atoms with Crippen LogP contribution in [0.2, 0.25) is 0 Å². The van der Waals surface area contributed by atoms with Crippen molar-refractivity contribution >= 4 is 23.9 Å². The third-order valence-electron chi connectivity index (χ3n) is 23.4. The molecule has 0 saturated carbocycles. The van der Waals surface area contributed by atoms with E-state index in [9.17, 15) is 24.7 Å². The topological polar surface area (TPSA) is 296 Å². The van der Waals surface area contributed by atoms with E-state index in [1.54, 1.807) is 97.7 Å². The fourth-order valence-electron chi connectivity index (χ4n) is 16.5. The molecule has 24 heteroatoms. The van der Waals surface area contributed by atoms with Gasteiger partial charge in [0.25, 0.3) is 0 Å². The van der Waals surface area contributed by atoms with E-state index < -0.39 is 211 Å². The average molecular weight is 1710 g/mol. The highest BCUT2D eigenvalue weighted by Crippen LogP contribution is 2.50. The predicted molar refractivity (Wildman–Crippen MR) is 471 cm³/mol. The molecule has 0 bridgehead atoms. The van der Waals surface area contributed by atoms with Crippen molar-refractivity contribution in [1.82, 2.24) is 19.6 Å². The fourth-order valence-corrected chi connectivity index (χ4v) is 16.5. The van der Waals surface area contributed by atoms with Crippen molar-refractivity contribution in [3.8, 4) is 46.0 Å². The summed E-state index contributed by atoms with van der Waals surface area (Å²) in [6, 6.07) is 6.32. The summed E-state index contributed by atoms with van der Waals surface area (Å²) in [5.41, 5.74) is 30.1. The summed E-state index contributed by atoms with van der Waals surface area (Å²) in [4.78, 5) is 59.4. The highest BCUT2D eigenvalue weighted by atomic mass is 16.6. The average Bonchev–Trinajstić information content (AvgIpc) is 0.723. The molecule has 20 atom stereocenters. The van der Waals surface area contributed by atoms with E-state index in [4.69, 9.17) is 121 Å². The number of hydrogen-bond donors (Lipinski definition) is 4. The van der Waals surface area contributed by atoms with Gasteiger partial charge in [-0.05, 0) is 191 Å². The molecular formula is C96H152N8O16. The second-order valence-electron chi connectivity index (χ2n) is 33.2. The van der Waals surface area contributed by atoms with E-state index in [0.29, 0.717) is 91.6 Å². The number of carbonyl (C=O) groups excluding carboxylic acids is 4. The van der Waals surface area contributed by atoms with E-state index in [2.05, 4.69) is 0 Å². The molecule has 8 aliphatic rings. The van der Waals surface area contributed by atoms with Crippen LogP contribution in [0.5, 0.6) is 46.0 Å². The number of methoxy groups -OCH3 is 8. The van der Waals surface area contributed by atoms with Gasteiger partial charge in [0.15, 0.2) is 46.0 Å². The van der Waals surface area contributed by atoms with Crippen molar-refractivity contribution in [3.05, 3.63) is 93.0 Å². The summed E-state index contributed by atoms with van der Waals surface area (Å²) >= 11 is 0. The summed E-state index contributed by atoms with van der Waals surface area (Å²) in [7, 11) is 3.37. The van der Waals surface area contributed by atoms with E-state index in [1.807, 2.05) is 32.9 Å². The second-order valence-corrected chi connectivity index (χ2v) is 33.2. The van der Waals surface area contributed by atoms with Crippen molar-refractivity contribution in [2.45, 2.75) is 260 Å². The Labute approximate surface area is 766 Å². The van der Waals surface area contributed by atoms with Gasteiger partial charge in [-0.3, -0.25) is 38.8 Å². The summed E-state index contributed by atoms with van der Waals surface area (Å²) in [6.07, 6.45) is -17.6. The Morgan fingerprint density at radius 1 is 0.367 bits per heavy atom. The third kappa shape index (κ3) is 23.8. The van der Waals surface area contributed by atoms with Crippen molar-refractivity contribution in [3.63, 3.8) is 0 Å². The smallest absolute Gasteiger partial charge is 0.323 e. The van der Waals surface area contributed by atoms with Crippen molar-refractivity contribution in [2.24, 2.45) is 93.9 Å². The van der Waals surface area contributed by atoms with Crippen molar-refractivity contribution in [2.75, 3.05) is 109 Å². The Morgan fingerprint density at radius 2 is 0.617 bits per heavy atom. The Hall–Kier alpha value is -7.16. The van der Waals surface area contributed by atoms with Crippen LogP contribution in [0.3, 0.4) is 0 Å². The number of fused-ring (bicyclic) bond motifs is 12. The number of benzene rings is 4. The molecule has 120 heavy (non-hydrogen) atoms. The summed E-state index contributed by atoms with van der Waals surface area (Å²) in [5, 5.41) is 0. The number of carbonyl (C=O) groups is 4. The van der Waals surface area contributed by atoms with Crippen LogP contribution in [0, 0.1) is 70.9 Å². The number of esters is 4. The first kappa shape index (κ1) is 58.9. The van der Waals surface area contributed by atoms with Crippen LogP contribution >= 0.6 is 0 Å². The molecule has 8 heterocycles. The molecule has 12 rings (SSSR count). The van der Waals surface area contributed by atoms with Gasteiger partial charge in [0.1, 0.15) is 48.5 Å². The summed E-state index contributed by atoms with van der Waals surface area (Å²) in [6.45, 7) is 6.88. The lowest BCUT2D eigenvalue weighted by Crippen LogP contribution is -2.51. The van der Waals surface area contributed by atoms with Crippen LogP contribution < -0.4 is 60.8 Å². The zero-order chi connectivity index (χ0) is 118. The summed E-state index contributed by atoms with van der Waals surface area (Å²) in [5.74, 6) is -18.3. The zero-order valence-electron chi connectivity index (χ0n) is 107. The molecule has 8 aliphatic heterocycles. The van der Waals surface area contributed by atoms with Gasteiger partial charge >= 0.3 is 23.9 Å². The molecular weight excluding hydrogens is 1520 g/mol. The number of piperidine rings is 4. The molecule has 4 fully saturated rings. The minimum Gasteiger partial charge on any atom is -0.493 e. The van der Waals surface area contributed by atoms with Gasteiger partial charge < -0.3 is 79.8 Å². The Kier molecular flexibility index (Phi) is 21.6. The lowest BCUT2D eigenvalue weighted by Gasteiger charge is -2.47. The number of hydrogen-bond acceptors (Lipinski definition) is 24. The third-order valence-corrected chi connectivity index (χ3v) is 23.4. The molecule has 8 N–H and O–H groups in total. The van der Waals surface area contributed by atoms with Gasteiger partial charge in [0.2, 0.25) is 0 Å². The monoisotopic (exact) mass is 1710 g/mol. The SMILES string of the molecule is [2H]C([2H])([2H])Oc1cc2c(cc1OC)C1CC([2H])(OC(=O)[C@@H](N)C(C)C)C(C([2H])([2H])C([2H])(C)C([2H])([2H])[2H])CN1CC2.[2H]C([2H])([2H])Oc1cc2c(cc1OC)C1CC([2H])(OC(=O)[C@@H](N)C(C)C)C(C([2H])([2H])C([2H])(C)C([2H])([2H])[2H])CN1CC2.[2H]C1(OC(=O)[C@@H](N)C(C)C)CC2c3cc(OC)c(OC)cc3CCN2CC1C([2H])([2H])C([2H])(C)C([2H])([2H])[2H].[2H]C12CC(OC(=O)[C@@H](N)C(C)C)C(C([2H])([2H])C([2H])(C)C([2H])([2H])[2H])CN1CCc1cc(OC)c(OC)cc12. The minimum absolute atomic E-state index is 0.0221. The van der Waals surface area contributed by atoms with E-state index in [1.165, 1.54) is 35.5 Å². The fraction of sp³-hybridized carbons (Fsp3) is 0.708. The largest absolute Gasteiger partial charge is 0.493 e. The first-order chi connectivity index (χ1) is 69.9. The zero-order valence-corrected chi connectivity index (χ0v) is 72.8. The van der Waals surface area contributed by atoms with Gasteiger partial charge in [-0.1, -0.05) is 110 Å². The molecule has 0 spiro atoms. The van der Waals surface area contributed by atoms with Crippen LogP contribution in [-0.2, 0) is 63.8 Å². The minimum atomic E-state index is -3.03. The summed E-state index contributed by atoms with van der Waals surface area (Å²) < 4.78 is 347. The van der Waals surface area contributed by atoms with Crippen LogP contribution in [-0.4, -0.2) is 201 Å². The molecule has 672 valence electrons. The second kappa shape index (κ2) is 43.9. The normalized spacial score (nSPS) is 34.6. The Bertz CT molecular complexity index is 5400. The van der Waals surface area contributed by atoms with Crippen LogP contribution in [0.1, 0.15) is 277 Å². The maximum Gasteiger partial charge on any atom is 0.323 e. The predicted octanol–water partition coefficient (Wildman–Crippen LogP) is 14.3. The molecule has 0 aliphatic carbocycles. The van der Waals surface area contributed by atoms with Gasteiger partial charge in [0.05, 0.1) is 70.4 Å². The number of nitrogens with two attached hydrogens (primary N) is 4. The molecule has 24 nitrogen and oxygen atoms in total. The number of rotatable bonds is 28. The molecule has 4 saturated heterocycles. The molecule has 16 unspecified atom stereocenters. The lowest BCUT2D eigenvalue weighted by molar-refractivity contribution is -0.161. The van der Waals surface area contributed by atoms with Gasteiger partial charge in [0, 0.05) is 159 Å². The molecule has 4 aromatic rings. The van der Waals surface area contributed by atoms with E-state index in [-0.39, 0.29) is 98.5 Å². The van der Waals surface area contributed by atoms with Crippen LogP contribution in [0.4, 0.5) is 0 Å². The van der Waals surface area contributed by atoms with Gasteiger partial charge in [-0.15, -0.1) is 0 Å². The molecule has 0 radical (unpaired) electrons. The lowest BCUT2D eigenvalue weighted by atomic mass is 9.79. The maximum atomic E-state index is 13.0. The van der Waals surface area contributed by atoms with E-state index in [0.717, 1.165) is 55.5 Å². The van der Waals surface area contributed by atoms with Gasteiger partial charge in [-0.2, -0.15) is 0 Å². The van der Waals surface area contributed by atoms with E-state index >= 15 is 0 Å². The first-order valence-electron chi connectivity index (χ1n) is 58.1. The molecule has 0 aromatic heterocycles. The standard InChI is InChI=1S/4C24H38N2O4/c4*1-14(2)9-17-13-26-8-7-16-10-21(28-5)22(29-6)11-18(16)19(26)12-20(17)30-24(27)23(25)15(3)4/h4*10-11,14-15,17,19-20,23H,7-9,12-13,25H2,1-6H3/t4*17?,19?,20?,23-/m0000/s1/i2*1D3,5D3,9D2,14D,20D;1D3,9D2,14D,20D;1D3,9D2,14D,19D/t4*14?,17?,19?,20?,23-. The first-order valence-corrected chi connectivity index (χ1v) is 41.1. The Morgan fingerprint density at radius 3 is 0.900 bits per heavy atom. The number of ether oxygens (including phenoxy) is 12. The van der Waals surface area contributed by atoms with Gasteiger partial charge in [-0.25, -0.2) is 0 Å². The highest BCUT2D eigenvalue weighted by Gasteiger charge is 2.47. The van der Waals surface area contributed by atoms with Crippen molar-refractivity contribution < 1.29 is 123 Å². The Balaban J connectivity index is 0.000000227. The van der Waals surface area contributed by atoms with Crippen LogP contribution in [0.25, 0.3) is 0 Å². The molecule has 0 amide bonds. The maximum absolute atomic E-state index is 13.0. The molecule has 4 aromatic carbocycles. The number of nitrogens with zero attached hydrogens (tertiary/aromatic N) is 4. The van der Waals surface area contributed by atoms with Crippen molar-refractivity contribution in [1.29, 1.82) is 0 Å². The quantitative estimate of drug-likeness (QED) is 0.0303. The highest BCUT2D eigenvalue weighted by molar-refractivity contribution is 5.77. The van der Waals surface area contributed by atoms with Crippen LogP contribution in [0.15, 0.2) is 48.5 Å².